The second-order valence-corrected chi connectivity index (χ2v) is 7.68. The van der Waals surface area contributed by atoms with Gasteiger partial charge in [0.25, 0.3) is 0 Å². The lowest BCUT2D eigenvalue weighted by Gasteiger charge is -2.06. The topological polar surface area (TPSA) is 84.4 Å². The lowest BCUT2D eigenvalue weighted by Crippen LogP contribution is -1.99. The number of ether oxygens (including phenoxy) is 3. The average Bonchev–Trinajstić information content (AvgIpc) is 3.62. The fraction of sp³-hybridized carbons (Fsp3) is 0.240. The van der Waals surface area contributed by atoms with Gasteiger partial charge in [-0.15, -0.1) is 5.10 Å². The van der Waals surface area contributed by atoms with E-state index in [-0.39, 0.29) is 6.79 Å². The smallest absolute Gasteiger partial charge is 0.231 e. The molecule has 0 bridgehead atoms. The van der Waals surface area contributed by atoms with Crippen LogP contribution in [0.3, 0.4) is 0 Å². The summed E-state index contributed by atoms with van der Waals surface area (Å²) in [6.45, 7) is 1.50. The van der Waals surface area contributed by atoms with Crippen LogP contribution < -0.4 is 14.2 Å². The summed E-state index contributed by atoms with van der Waals surface area (Å²) in [4.78, 5) is 4.46. The SMILES string of the molecule is C(=C\c1nc(COc2ccc(CCCCn3ccnn3)cc2)co1)/c1ccc2c(c1)OCO2. The fourth-order valence-corrected chi connectivity index (χ4v) is 3.51. The average molecular weight is 444 g/mol. The zero-order valence-corrected chi connectivity index (χ0v) is 18.1. The van der Waals surface area contributed by atoms with Gasteiger partial charge in [0, 0.05) is 18.8 Å². The maximum Gasteiger partial charge on any atom is 0.231 e. The van der Waals surface area contributed by atoms with Crippen LogP contribution in [0.15, 0.2) is 65.5 Å². The molecule has 2 aromatic carbocycles. The van der Waals surface area contributed by atoms with Gasteiger partial charge in [0.1, 0.15) is 24.3 Å². The zero-order chi connectivity index (χ0) is 22.3. The summed E-state index contributed by atoms with van der Waals surface area (Å²) in [5.41, 5.74) is 3.00. The lowest BCUT2D eigenvalue weighted by molar-refractivity contribution is 0.174. The second kappa shape index (κ2) is 10.0. The number of fused-ring (bicyclic) bond motifs is 1. The third-order valence-corrected chi connectivity index (χ3v) is 5.27. The van der Waals surface area contributed by atoms with E-state index in [0.717, 1.165) is 54.3 Å². The van der Waals surface area contributed by atoms with Crippen molar-refractivity contribution in [2.45, 2.75) is 32.4 Å². The highest BCUT2D eigenvalue weighted by Crippen LogP contribution is 2.33. The van der Waals surface area contributed by atoms with Crippen molar-refractivity contribution < 1.29 is 18.6 Å². The van der Waals surface area contributed by atoms with Crippen LogP contribution in [0.2, 0.25) is 0 Å². The van der Waals surface area contributed by atoms with Gasteiger partial charge in [0.15, 0.2) is 11.5 Å². The van der Waals surface area contributed by atoms with E-state index in [1.54, 1.807) is 12.5 Å². The molecule has 0 saturated heterocycles. The lowest BCUT2D eigenvalue weighted by atomic mass is 10.1. The first kappa shape index (κ1) is 20.8. The highest BCUT2D eigenvalue weighted by Gasteiger charge is 2.12. The Morgan fingerprint density at radius 1 is 1.00 bits per heavy atom. The number of aromatic nitrogens is 4. The van der Waals surface area contributed by atoms with Gasteiger partial charge in [-0.2, -0.15) is 0 Å². The van der Waals surface area contributed by atoms with Crippen molar-refractivity contribution in [1.82, 2.24) is 20.0 Å². The van der Waals surface area contributed by atoms with Crippen molar-refractivity contribution in [2.75, 3.05) is 6.79 Å². The molecule has 4 aromatic rings. The molecule has 33 heavy (non-hydrogen) atoms. The van der Waals surface area contributed by atoms with E-state index in [2.05, 4.69) is 27.4 Å². The third kappa shape index (κ3) is 5.60. The van der Waals surface area contributed by atoms with Crippen molar-refractivity contribution in [1.29, 1.82) is 0 Å². The summed E-state index contributed by atoms with van der Waals surface area (Å²) in [7, 11) is 0. The first-order chi connectivity index (χ1) is 16.3. The Morgan fingerprint density at radius 2 is 1.91 bits per heavy atom. The van der Waals surface area contributed by atoms with Crippen molar-refractivity contribution in [3.8, 4) is 17.2 Å². The van der Waals surface area contributed by atoms with Crippen LogP contribution in [0.1, 0.15) is 35.6 Å². The molecular formula is C25H24N4O4. The normalized spacial score (nSPS) is 12.5. The van der Waals surface area contributed by atoms with Gasteiger partial charge >= 0.3 is 0 Å². The molecule has 5 rings (SSSR count). The van der Waals surface area contributed by atoms with Gasteiger partial charge in [-0.3, -0.25) is 4.68 Å². The molecule has 0 amide bonds. The van der Waals surface area contributed by atoms with E-state index in [1.165, 1.54) is 5.56 Å². The standard InChI is InChI=1S/C25H24N4O4/c1(2-13-29-14-12-26-28-29)3-19-4-8-22(9-5-19)30-16-21-17-31-25(27-21)11-7-20-6-10-23-24(15-20)33-18-32-23/h4-12,14-15,17H,1-3,13,16,18H2/b11-7+. The monoisotopic (exact) mass is 444 g/mol. The van der Waals surface area contributed by atoms with E-state index < -0.39 is 0 Å². The Kier molecular flexibility index (Phi) is 6.33. The minimum Gasteiger partial charge on any atom is -0.487 e. The van der Waals surface area contributed by atoms with Gasteiger partial charge in [-0.05, 0) is 60.7 Å². The molecule has 8 nitrogen and oxygen atoms in total. The molecule has 0 spiro atoms. The summed E-state index contributed by atoms with van der Waals surface area (Å²) < 4.78 is 24.0. The van der Waals surface area contributed by atoms with Crippen molar-refractivity contribution in [2.24, 2.45) is 0 Å². The fourth-order valence-electron chi connectivity index (χ4n) is 3.51. The first-order valence-electron chi connectivity index (χ1n) is 10.9. The third-order valence-electron chi connectivity index (χ3n) is 5.27. The van der Waals surface area contributed by atoms with Gasteiger partial charge in [-0.25, -0.2) is 4.98 Å². The predicted octanol–water partition coefficient (Wildman–Crippen LogP) is 4.77. The van der Waals surface area contributed by atoms with E-state index in [0.29, 0.717) is 12.5 Å². The number of benzene rings is 2. The molecule has 0 aliphatic carbocycles. The van der Waals surface area contributed by atoms with Crippen LogP contribution in [0.4, 0.5) is 0 Å². The molecular weight excluding hydrogens is 420 g/mol. The molecule has 1 aliphatic rings. The van der Waals surface area contributed by atoms with Crippen molar-refractivity contribution in [3.63, 3.8) is 0 Å². The number of hydrogen-bond donors (Lipinski definition) is 0. The number of hydrogen-bond acceptors (Lipinski definition) is 7. The second-order valence-electron chi connectivity index (χ2n) is 7.68. The maximum absolute atomic E-state index is 5.85. The molecule has 0 fully saturated rings. The maximum atomic E-state index is 5.85. The molecule has 0 atom stereocenters. The first-order valence-corrected chi connectivity index (χ1v) is 10.9. The summed E-state index contributed by atoms with van der Waals surface area (Å²) in [5, 5.41) is 7.80. The van der Waals surface area contributed by atoms with Crippen LogP contribution in [-0.2, 0) is 19.6 Å². The van der Waals surface area contributed by atoms with Crippen LogP contribution in [0.25, 0.3) is 12.2 Å². The summed E-state index contributed by atoms with van der Waals surface area (Å²) in [5.74, 6) is 2.84. The molecule has 1 aliphatic heterocycles. The van der Waals surface area contributed by atoms with E-state index in [9.17, 15) is 0 Å². The Balaban J connectivity index is 1.07. The van der Waals surface area contributed by atoms with E-state index >= 15 is 0 Å². The Bertz CT molecular complexity index is 1200. The Hall–Kier alpha value is -4.07. The number of rotatable bonds is 10. The Morgan fingerprint density at radius 3 is 2.79 bits per heavy atom. The molecule has 168 valence electrons. The van der Waals surface area contributed by atoms with E-state index in [4.69, 9.17) is 18.6 Å². The summed E-state index contributed by atoms with van der Waals surface area (Å²) in [6.07, 6.45) is 12.1. The molecule has 0 N–H and O–H groups in total. The van der Waals surface area contributed by atoms with Crippen LogP contribution in [0, 0.1) is 0 Å². The highest BCUT2D eigenvalue weighted by molar-refractivity contribution is 5.68. The molecule has 0 saturated carbocycles. The molecule has 0 unspecified atom stereocenters. The van der Waals surface area contributed by atoms with Crippen molar-refractivity contribution >= 4 is 12.2 Å². The molecule has 2 aromatic heterocycles. The van der Waals surface area contributed by atoms with Gasteiger partial charge < -0.3 is 18.6 Å². The van der Waals surface area contributed by atoms with Crippen molar-refractivity contribution in [3.05, 3.63) is 83.8 Å². The minimum atomic E-state index is 0.263. The zero-order valence-electron chi connectivity index (χ0n) is 18.1. The largest absolute Gasteiger partial charge is 0.487 e. The number of nitrogens with zero attached hydrogens (tertiary/aromatic N) is 4. The van der Waals surface area contributed by atoms with Crippen LogP contribution in [-0.4, -0.2) is 26.8 Å². The highest BCUT2D eigenvalue weighted by atomic mass is 16.7. The predicted molar refractivity (Wildman–Crippen MR) is 122 cm³/mol. The summed E-state index contributed by atoms with van der Waals surface area (Å²) in [6, 6.07) is 14.0. The van der Waals surface area contributed by atoms with Gasteiger partial charge in [0.2, 0.25) is 12.7 Å². The number of unbranched alkanes of at least 4 members (excludes halogenated alkanes) is 1. The minimum absolute atomic E-state index is 0.263. The van der Waals surface area contributed by atoms with Crippen LogP contribution in [0.5, 0.6) is 17.2 Å². The molecule has 0 radical (unpaired) electrons. The summed E-state index contributed by atoms with van der Waals surface area (Å²) >= 11 is 0. The Labute approximate surface area is 191 Å². The number of aryl methyl sites for hydroxylation is 2. The molecule has 8 heteroatoms. The van der Waals surface area contributed by atoms with Crippen LogP contribution >= 0.6 is 0 Å². The van der Waals surface area contributed by atoms with E-state index in [1.807, 2.05) is 53.4 Å². The van der Waals surface area contributed by atoms with Gasteiger partial charge in [0.05, 0.1) is 6.20 Å². The quantitative estimate of drug-likeness (QED) is 0.326. The number of oxazole rings is 1. The van der Waals surface area contributed by atoms with Gasteiger partial charge in [-0.1, -0.05) is 23.4 Å². The molecule has 3 heterocycles.